The Kier molecular flexibility index (Phi) is 5.23. The minimum Gasteiger partial charge on any atom is -0.306 e. The molecule has 0 bridgehead atoms. The number of rotatable bonds is 5. The van der Waals surface area contributed by atoms with Crippen molar-refractivity contribution in [3.8, 4) is 0 Å². The molecule has 1 N–H and O–H groups in total. The molecule has 0 aliphatic carbocycles. The highest BCUT2D eigenvalue weighted by molar-refractivity contribution is 7.98. The Labute approximate surface area is 168 Å². The van der Waals surface area contributed by atoms with E-state index >= 15 is 0 Å². The first-order valence-corrected chi connectivity index (χ1v) is 9.61. The summed E-state index contributed by atoms with van der Waals surface area (Å²) in [5, 5.41) is 7.69. The third-order valence-electron chi connectivity index (χ3n) is 3.92. The normalized spacial score (nSPS) is 10.9. The lowest BCUT2D eigenvalue weighted by Gasteiger charge is -2.09. The third-order valence-corrected chi connectivity index (χ3v) is 5.23. The van der Waals surface area contributed by atoms with E-state index in [1.54, 1.807) is 42.5 Å². The highest BCUT2D eigenvalue weighted by Crippen LogP contribution is 2.28. The summed E-state index contributed by atoms with van der Waals surface area (Å²) in [5.41, 5.74) is 1.40. The fraction of sp³-hybridized carbons (Fsp3) is 0.0526. The van der Waals surface area contributed by atoms with E-state index in [0.29, 0.717) is 32.8 Å². The molecule has 0 aliphatic heterocycles. The van der Waals surface area contributed by atoms with Gasteiger partial charge >= 0.3 is 0 Å². The molecule has 0 spiro atoms. The minimum atomic E-state index is -0.386. The largest absolute Gasteiger partial charge is 0.306 e. The molecule has 0 fully saturated rings. The lowest BCUT2D eigenvalue weighted by Crippen LogP contribution is -2.14. The number of benzene rings is 2. The van der Waals surface area contributed by atoms with Crippen molar-refractivity contribution in [1.29, 1.82) is 0 Å². The first-order valence-electron chi connectivity index (χ1n) is 8.24. The first kappa shape index (κ1) is 18.4. The Morgan fingerprint density at radius 1 is 1.18 bits per heavy atom. The number of halogens is 2. The van der Waals surface area contributed by atoms with Crippen molar-refractivity contribution in [2.24, 2.45) is 0 Å². The van der Waals surface area contributed by atoms with Gasteiger partial charge in [0.1, 0.15) is 18.0 Å². The first-order chi connectivity index (χ1) is 13.6. The summed E-state index contributed by atoms with van der Waals surface area (Å²) < 4.78 is 15.6. The van der Waals surface area contributed by atoms with Crippen molar-refractivity contribution >= 4 is 40.7 Å². The number of thioether (sulfide) groups is 1. The molecule has 9 heteroatoms. The van der Waals surface area contributed by atoms with Crippen LogP contribution in [0.15, 0.2) is 66.1 Å². The molecule has 0 unspecified atom stereocenters. The number of aromatic nitrogens is 4. The number of hydrogen-bond donors (Lipinski definition) is 1. The highest BCUT2D eigenvalue weighted by atomic mass is 35.5. The number of carbonyl (C=O) groups is 1. The Hall–Kier alpha value is -2.97. The van der Waals surface area contributed by atoms with Crippen LogP contribution in [0.4, 0.5) is 10.2 Å². The van der Waals surface area contributed by atoms with Crippen LogP contribution in [0.25, 0.3) is 5.65 Å². The molecule has 0 atom stereocenters. The van der Waals surface area contributed by atoms with E-state index in [9.17, 15) is 9.18 Å². The van der Waals surface area contributed by atoms with Crippen molar-refractivity contribution < 1.29 is 9.18 Å². The van der Waals surface area contributed by atoms with Crippen molar-refractivity contribution in [3.05, 3.63) is 82.9 Å². The van der Waals surface area contributed by atoms with Gasteiger partial charge in [0.15, 0.2) is 10.8 Å². The molecule has 0 aliphatic rings. The van der Waals surface area contributed by atoms with E-state index in [4.69, 9.17) is 11.6 Å². The van der Waals surface area contributed by atoms with Crippen LogP contribution in [0, 0.1) is 5.82 Å². The second-order valence-corrected chi connectivity index (χ2v) is 7.11. The lowest BCUT2D eigenvalue weighted by molar-refractivity contribution is 0.102. The molecule has 1 amide bonds. The minimum absolute atomic E-state index is 0.254. The Morgan fingerprint density at radius 2 is 2.00 bits per heavy atom. The molecule has 4 rings (SSSR count). The van der Waals surface area contributed by atoms with Crippen molar-refractivity contribution in [2.45, 2.75) is 10.9 Å². The van der Waals surface area contributed by atoms with E-state index in [2.05, 4.69) is 20.4 Å². The second kappa shape index (κ2) is 7.95. The summed E-state index contributed by atoms with van der Waals surface area (Å²) in [7, 11) is 0. The molecular formula is C19H13ClFN5OS. The molecule has 28 heavy (non-hydrogen) atoms. The average molecular weight is 414 g/mol. The van der Waals surface area contributed by atoms with E-state index in [1.165, 1.54) is 28.7 Å². The zero-order valence-electron chi connectivity index (χ0n) is 14.3. The van der Waals surface area contributed by atoms with Gasteiger partial charge in [-0.2, -0.15) is 9.61 Å². The molecular weight excluding hydrogens is 401 g/mol. The molecule has 4 aromatic rings. The van der Waals surface area contributed by atoms with Crippen LogP contribution in [0.3, 0.4) is 0 Å². The van der Waals surface area contributed by atoms with Crippen LogP contribution < -0.4 is 5.32 Å². The molecule has 2 heterocycles. The van der Waals surface area contributed by atoms with Gasteiger partial charge < -0.3 is 5.32 Å². The molecule has 2 aromatic heterocycles. The van der Waals surface area contributed by atoms with E-state index in [-0.39, 0.29) is 17.5 Å². The fourth-order valence-corrected chi connectivity index (χ4v) is 3.85. The van der Waals surface area contributed by atoms with Gasteiger partial charge in [0, 0.05) is 28.0 Å². The SMILES string of the molecule is O=C(Nc1cc2ncnn2c(SCc2c(F)cccc2Cl)n1)c1ccccc1. The second-order valence-electron chi connectivity index (χ2n) is 5.76. The van der Waals surface area contributed by atoms with Crippen LogP contribution in [0.2, 0.25) is 5.02 Å². The zero-order valence-corrected chi connectivity index (χ0v) is 15.9. The van der Waals surface area contributed by atoms with Crippen LogP contribution in [0.1, 0.15) is 15.9 Å². The maximum atomic E-state index is 14.0. The van der Waals surface area contributed by atoms with Crippen LogP contribution >= 0.6 is 23.4 Å². The van der Waals surface area contributed by atoms with E-state index < -0.39 is 0 Å². The fourth-order valence-electron chi connectivity index (χ4n) is 2.54. The Bertz CT molecular complexity index is 1130. The van der Waals surface area contributed by atoms with Gasteiger partial charge in [0.05, 0.1) is 0 Å². The highest BCUT2D eigenvalue weighted by Gasteiger charge is 2.14. The average Bonchev–Trinajstić information content (AvgIpc) is 3.17. The van der Waals surface area contributed by atoms with Gasteiger partial charge in [0.2, 0.25) is 0 Å². The molecule has 2 aromatic carbocycles. The standard InChI is InChI=1S/C19H13ClFN5OS/c20-14-7-4-8-15(21)13(14)10-28-19-25-16(9-17-22-11-23-26(17)19)24-18(27)12-5-2-1-3-6-12/h1-9,11H,10H2,(H,24,27). The van der Waals surface area contributed by atoms with Crippen molar-refractivity contribution in [2.75, 3.05) is 5.32 Å². The Balaban J connectivity index is 1.61. The van der Waals surface area contributed by atoms with Gasteiger partial charge in [0.25, 0.3) is 5.91 Å². The van der Waals surface area contributed by atoms with Crippen LogP contribution in [-0.4, -0.2) is 25.5 Å². The topological polar surface area (TPSA) is 72.2 Å². The quantitative estimate of drug-likeness (QED) is 0.386. The van der Waals surface area contributed by atoms with Gasteiger partial charge in [-0.25, -0.2) is 14.4 Å². The Morgan fingerprint density at radius 3 is 2.79 bits per heavy atom. The molecule has 0 radical (unpaired) electrons. The molecule has 0 saturated carbocycles. The van der Waals surface area contributed by atoms with Gasteiger partial charge in [-0.1, -0.05) is 47.6 Å². The predicted molar refractivity (Wildman–Crippen MR) is 106 cm³/mol. The summed E-state index contributed by atoms with van der Waals surface area (Å²) in [6.45, 7) is 0. The summed E-state index contributed by atoms with van der Waals surface area (Å²) >= 11 is 7.34. The predicted octanol–water partition coefficient (Wildman–Crippen LogP) is 4.46. The van der Waals surface area contributed by atoms with Crippen LogP contribution in [-0.2, 0) is 5.75 Å². The van der Waals surface area contributed by atoms with Gasteiger partial charge in [-0.05, 0) is 24.3 Å². The number of amides is 1. The number of fused-ring (bicyclic) bond motifs is 1. The van der Waals surface area contributed by atoms with Crippen LogP contribution in [0.5, 0.6) is 0 Å². The molecule has 140 valence electrons. The number of anilines is 1. The molecule has 6 nitrogen and oxygen atoms in total. The molecule has 0 saturated heterocycles. The van der Waals surface area contributed by atoms with Gasteiger partial charge in [-0.3, -0.25) is 4.79 Å². The number of nitrogens with zero attached hydrogens (tertiary/aromatic N) is 4. The maximum absolute atomic E-state index is 14.0. The summed E-state index contributed by atoms with van der Waals surface area (Å²) in [6, 6.07) is 15.0. The van der Waals surface area contributed by atoms with E-state index in [0.717, 1.165) is 0 Å². The van der Waals surface area contributed by atoms with E-state index in [1.807, 2.05) is 6.07 Å². The van der Waals surface area contributed by atoms with Crippen molar-refractivity contribution in [3.63, 3.8) is 0 Å². The van der Waals surface area contributed by atoms with Gasteiger partial charge in [-0.15, -0.1) is 0 Å². The summed E-state index contributed by atoms with van der Waals surface area (Å²) in [6.07, 6.45) is 1.39. The number of nitrogens with one attached hydrogen (secondary N) is 1. The monoisotopic (exact) mass is 413 g/mol. The smallest absolute Gasteiger partial charge is 0.256 e. The zero-order chi connectivity index (χ0) is 19.5. The van der Waals surface area contributed by atoms with Crippen molar-refractivity contribution in [1.82, 2.24) is 19.6 Å². The summed E-state index contributed by atoms with van der Waals surface area (Å²) in [5.74, 6) is -0.0891. The number of carbonyl (C=O) groups excluding carboxylic acids is 1. The third kappa shape index (κ3) is 3.83. The number of hydrogen-bond acceptors (Lipinski definition) is 5. The maximum Gasteiger partial charge on any atom is 0.256 e. The summed E-state index contributed by atoms with van der Waals surface area (Å²) in [4.78, 5) is 21.0. The lowest BCUT2D eigenvalue weighted by atomic mass is 10.2.